The first-order valence-electron chi connectivity index (χ1n) is 9.59. The van der Waals surface area contributed by atoms with Crippen molar-refractivity contribution >= 4 is 17.6 Å². The number of aromatic nitrogens is 5. The summed E-state index contributed by atoms with van der Waals surface area (Å²) < 4.78 is 7.32. The molecular weight excluding hydrogens is 392 g/mol. The molecule has 1 aliphatic rings. The molecule has 0 radical (unpaired) electrons. The van der Waals surface area contributed by atoms with Gasteiger partial charge in [0.1, 0.15) is 11.6 Å². The maximum atomic E-state index is 6.02. The summed E-state index contributed by atoms with van der Waals surface area (Å²) in [4.78, 5) is 13.3. The quantitative estimate of drug-likeness (QED) is 0.488. The fourth-order valence-electron chi connectivity index (χ4n) is 3.35. The standard InChI is InChI=1S/C19H23ClN8O/c1-12-23-18-15(7-4-10-28(18)26-12)24-19(21-2)22-9-8-16-25-17(27-29-16)13-5-3-6-14(20)11-13/h3,5-6,11,15H,4,7-10H2,1-2H3,(H2,21,22,24). The lowest BCUT2D eigenvalue weighted by molar-refractivity contribution is 0.377. The number of aryl methyl sites for hydroxylation is 2. The number of halogens is 1. The van der Waals surface area contributed by atoms with Gasteiger partial charge in [-0.3, -0.25) is 4.99 Å². The highest BCUT2D eigenvalue weighted by atomic mass is 35.5. The number of benzene rings is 1. The van der Waals surface area contributed by atoms with E-state index >= 15 is 0 Å². The maximum Gasteiger partial charge on any atom is 0.228 e. The van der Waals surface area contributed by atoms with E-state index in [1.54, 1.807) is 7.05 Å². The Hall–Kier alpha value is -2.94. The molecule has 1 atom stereocenters. The number of fused-ring (bicyclic) bond motifs is 1. The van der Waals surface area contributed by atoms with E-state index in [-0.39, 0.29) is 6.04 Å². The second-order valence-corrected chi connectivity index (χ2v) is 7.29. The van der Waals surface area contributed by atoms with Crippen molar-refractivity contribution in [2.75, 3.05) is 13.6 Å². The molecule has 0 spiro atoms. The Morgan fingerprint density at radius 1 is 1.38 bits per heavy atom. The van der Waals surface area contributed by atoms with Crippen LogP contribution >= 0.6 is 11.6 Å². The fraction of sp³-hybridized carbons (Fsp3) is 0.421. The van der Waals surface area contributed by atoms with Crippen LogP contribution in [-0.2, 0) is 13.0 Å². The molecule has 3 heterocycles. The largest absolute Gasteiger partial charge is 0.356 e. The smallest absolute Gasteiger partial charge is 0.228 e. The van der Waals surface area contributed by atoms with Gasteiger partial charge in [0.25, 0.3) is 0 Å². The van der Waals surface area contributed by atoms with Gasteiger partial charge >= 0.3 is 0 Å². The predicted molar refractivity (Wildman–Crippen MR) is 110 cm³/mol. The third-order valence-electron chi connectivity index (χ3n) is 4.70. The second kappa shape index (κ2) is 8.60. The number of nitrogens with zero attached hydrogens (tertiary/aromatic N) is 6. The zero-order valence-electron chi connectivity index (χ0n) is 16.4. The average molecular weight is 415 g/mol. The zero-order valence-corrected chi connectivity index (χ0v) is 17.1. The van der Waals surface area contributed by atoms with Crippen molar-refractivity contribution in [2.24, 2.45) is 4.99 Å². The lowest BCUT2D eigenvalue weighted by atomic mass is 10.1. The summed E-state index contributed by atoms with van der Waals surface area (Å²) in [6.45, 7) is 3.43. The molecule has 152 valence electrons. The van der Waals surface area contributed by atoms with Crippen LogP contribution in [0, 0.1) is 6.92 Å². The van der Waals surface area contributed by atoms with Gasteiger partial charge in [0.15, 0.2) is 5.96 Å². The Labute approximate surface area is 173 Å². The minimum Gasteiger partial charge on any atom is -0.356 e. The van der Waals surface area contributed by atoms with E-state index in [2.05, 4.69) is 35.8 Å². The van der Waals surface area contributed by atoms with Crippen LogP contribution in [-0.4, -0.2) is 44.5 Å². The van der Waals surface area contributed by atoms with Crippen LogP contribution in [0.5, 0.6) is 0 Å². The summed E-state index contributed by atoms with van der Waals surface area (Å²) in [6.07, 6.45) is 2.62. The molecule has 0 bridgehead atoms. The SMILES string of the molecule is CN=C(NCCc1nc(-c2cccc(Cl)c2)no1)NC1CCCn2nc(C)nc21. The van der Waals surface area contributed by atoms with Crippen LogP contribution in [0.2, 0.25) is 5.02 Å². The Balaban J connectivity index is 1.32. The number of hydrogen-bond acceptors (Lipinski definition) is 6. The molecule has 0 fully saturated rings. The van der Waals surface area contributed by atoms with Gasteiger partial charge in [-0.15, -0.1) is 0 Å². The van der Waals surface area contributed by atoms with Crippen LogP contribution in [0.25, 0.3) is 11.4 Å². The van der Waals surface area contributed by atoms with Crippen molar-refractivity contribution in [2.45, 2.75) is 38.8 Å². The van der Waals surface area contributed by atoms with Crippen molar-refractivity contribution in [1.29, 1.82) is 0 Å². The molecule has 2 N–H and O–H groups in total. The van der Waals surface area contributed by atoms with E-state index in [9.17, 15) is 0 Å². The minimum atomic E-state index is 0.0917. The number of rotatable bonds is 5. The molecule has 0 amide bonds. The normalized spacial score (nSPS) is 16.5. The number of guanidine groups is 1. The molecule has 10 heteroatoms. The van der Waals surface area contributed by atoms with Crippen LogP contribution in [0.4, 0.5) is 0 Å². The summed E-state index contributed by atoms with van der Waals surface area (Å²) in [5.41, 5.74) is 0.828. The molecule has 2 aromatic heterocycles. The van der Waals surface area contributed by atoms with Gasteiger partial charge in [0, 0.05) is 37.1 Å². The highest BCUT2D eigenvalue weighted by molar-refractivity contribution is 6.30. The summed E-state index contributed by atoms with van der Waals surface area (Å²) >= 11 is 6.02. The summed E-state index contributed by atoms with van der Waals surface area (Å²) in [6, 6.07) is 7.47. The van der Waals surface area contributed by atoms with E-state index in [1.165, 1.54) is 0 Å². The number of hydrogen-bond donors (Lipinski definition) is 2. The molecule has 1 aliphatic heterocycles. The minimum absolute atomic E-state index is 0.0917. The van der Waals surface area contributed by atoms with E-state index in [4.69, 9.17) is 16.1 Å². The number of nitrogens with one attached hydrogen (secondary N) is 2. The Morgan fingerprint density at radius 2 is 2.28 bits per heavy atom. The van der Waals surface area contributed by atoms with Crippen LogP contribution in [0.1, 0.15) is 36.4 Å². The van der Waals surface area contributed by atoms with Gasteiger partial charge in [0.2, 0.25) is 11.7 Å². The Kier molecular flexibility index (Phi) is 5.75. The predicted octanol–water partition coefficient (Wildman–Crippen LogP) is 2.53. The van der Waals surface area contributed by atoms with Crippen LogP contribution in [0.3, 0.4) is 0 Å². The van der Waals surface area contributed by atoms with Crippen molar-refractivity contribution in [3.8, 4) is 11.4 Å². The zero-order chi connectivity index (χ0) is 20.2. The van der Waals surface area contributed by atoms with Gasteiger partial charge < -0.3 is 15.2 Å². The van der Waals surface area contributed by atoms with Crippen LogP contribution < -0.4 is 10.6 Å². The molecule has 3 aromatic rings. The van der Waals surface area contributed by atoms with Gasteiger partial charge in [-0.05, 0) is 31.9 Å². The molecule has 4 rings (SSSR count). The van der Waals surface area contributed by atoms with Gasteiger partial charge in [-0.2, -0.15) is 10.1 Å². The van der Waals surface area contributed by atoms with Crippen molar-refractivity contribution < 1.29 is 4.52 Å². The molecule has 0 aliphatic carbocycles. The van der Waals surface area contributed by atoms with Gasteiger partial charge in [-0.25, -0.2) is 9.67 Å². The van der Waals surface area contributed by atoms with E-state index < -0.39 is 0 Å². The lowest BCUT2D eigenvalue weighted by Gasteiger charge is -2.24. The monoisotopic (exact) mass is 414 g/mol. The molecule has 1 unspecified atom stereocenters. The summed E-state index contributed by atoms with van der Waals surface area (Å²) in [5.74, 6) is 3.54. The first-order valence-corrected chi connectivity index (χ1v) is 9.97. The number of aliphatic imine (C=N–C) groups is 1. The topological polar surface area (TPSA) is 106 Å². The Bertz CT molecular complexity index is 1010. The van der Waals surface area contributed by atoms with Crippen molar-refractivity contribution in [3.63, 3.8) is 0 Å². The van der Waals surface area contributed by atoms with Crippen LogP contribution in [0.15, 0.2) is 33.8 Å². The van der Waals surface area contributed by atoms with Crippen molar-refractivity contribution in [3.05, 3.63) is 46.8 Å². The molecule has 1 aromatic carbocycles. The molecular formula is C19H23ClN8O. The highest BCUT2D eigenvalue weighted by Crippen LogP contribution is 2.23. The maximum absolute atomic E-state index is 6.02. The highest BCUT2D eigenvalue weighted by Gasteiger charge is 2.24. The summed E-state index contributed by atoms with van der Waals surface area (Å²) in [7, 11) is 1.75. The van der Waals surface area contributed by atoms with E-state index in [0.717, 1.165) is 36.6 Å². The first kappa shape index (κ1) is 19.4. The van der Waals surface area contributed by atoms with Gasteiger partial charge in [0.05, 0.1) is 6.04 Å². The molecule has 29 heavy (non-hydrogen) atoms. The fourth-order valence-corrected chi connectivity index (χ4v) is 3.54. The molecule has 9 nitrogen and oxygen atoms in total. The average Bonchev–Trinajstić information content (AvgIpc) is 3.33. The molecule has 0 saturated heterocycles. The van der Waals surface area contributed by atoms with E-state index in [1.807, 2.05) is 35.9 Å². The Morgan fingerprint density at radius 3 is 3.10 bits per heavy atom. The molecule has 0 saturated carbocycles. The summed E-state index contributed by atoms with van der Waals surface area (Å²) in [5, 5.41) is 15.8. The lowest BCUT2D eigenvalue weighted by Crippen LogP contribution is -2.42. The van der Waals surface area contributed by atoms with Crippen molar-refractivity contribution in [1.82, 2.24) is 35.5 Å². The second-order valence-electron chi connectivity index (χ2n) is 6.85. The first-order chi connectivity index (χ1) is 14.1. The third kappa shape index (κ3) is 4.56. The van der Waals surface area contributed by atoms with E-state index in [0.29, 0.717) is 35.7 Å². The third-order valence-corrected chi connectivity index (χ3v) is 4.93. The van der Waals surface area contributed by atoms with Gasteiger partial charge in [-0.1, -0.05) is 28.9 Å².